The van der Waals surface area contributed by atoms with E-state index in [1.807, 2.05) is 17.5 Å². The average Bonchev–Trinajstić information content (AvgIpc) is 3.02. The Morgan fingerprint density at radius 1 is 1.61 bits per heavy atom. The van der Waals surface area contributed by atoms with Gasteiger partial charge in [0.15, 0.2) is 5.82 Å². The summed E-state index contributed by atoms with van der Waals surface area (Å²) < 4.78 is 5.29. The highest BCUT2D eigenvalue weighted by Crippen LogP contribution is 2.22. The second kappa shape index (κ2) is 5.17. The van der Waals surface area contributed by atoms with Crippen LogP contribution in [-0.4, -0.2) is 40.7 Å². The van der Waals surface area contributed by atoms with Gasteiger partial charge in [-0.25, -0.2) is 0 Å². The van der Waals surface area contributed by atoms with Crippen molar-refractivity contribution in [3.8, 4) is 10.8 Å². The molecule has 2 aromatic heterocycles. The number of hydrogen-bond acceptors (Lipinski definition) is 6. The van der Waals surface area contributed by atoms with Crippen molar-refractivity contribution >= 4 is 11.3 Å². The van der Waals surface area contributed by atoms with Crippen LogP contribution in [0.15, 0.2) is 22.0 Å². The van der Waals surface area contributed by atoms with Crippen LogP contribution in [-0.2, 0) is 6.54 Å². The first-order valence-electron chi connectivity index (χ1n) is 6.14. The van der Waals surface area contributed by atoms with Gasteiger partial charge in [0.25, 0.3) is 5.89 Å². The van der Waals surface area contributed by atoms with Gasteiger partial charge in [-0.05, 0) is 18.4 Å². The zero-order valence-corrected chi connectivity index (χ0v) is 11.1. The minimum absolute atomic E-state index is 0.516. The molecule has 1 saturated heterocycles. The molecule has 0 spiro atoms. The summed E-state index contributed by atoms with van der Waals surface area (Å²) in [5.74, 6) is 1.40. The van der Waals surface area contributed by atoms with E-state index in [4.69, 9.17) is 4.52 Å². The molecule has 3 rings (SSSR count). The normalized spacial score (nSPS) is 21.3. The fourth-order valence-electron chi connectivity index (χ4n) is 2.12. The van der Waals surface area contributed by atoms with Gasteiger partial charge in [0.2, 0.25) is 0 Å². The Labute approximate surface area is 110 Å². The molecule has 0 saturated carbocycles. The van der Waals surface area contributed by atoms with Crippen molar-refractivity contribution in [1.82, 2.24) is 20.4 Å². The number of thiophene rings is 1. The fraction of sp³-hybridized carbons (Fsp3) is 0.500. The Morgan fingerprint density at radius 2 is 2.56 bits per heavy atom. The van der Waals surface area contributed by atoms with Gasteiger partial charge < -0.3 is 9.84 Å². The van der Waals surface area contributed by atoms with Crippen molar-refractivity contribution in [3.05, 3.63) is 23.3 Å². The third-order valence-corrected chi connectivity index (χ3v) is 4.04. The Kier molecular flexibility index (Phi) is 3.40. The summed E-state index contributed by atoms with van der Waals surface area (Å²) in [7, 11) is 0. The zero-order chi connectivity index (χ0) is 12.4. The first kappa shape index (κ1) is 11.8. The van der Waals surface area contributed by atoms with Gasteiger partial charge in [0.1, 0.15) is 0 Å². The van der Waals surface area contributed by atoms with E-state index in [0.29, 0.717) is 11.9 Å². The number of nitrogens with zero attached hydrogens (tertiary/aromatic N) is 3. The predicted molar refractivity (Wildman–Crippen MR) is 70.4 cm³/mol. The Morgan fingerprint density at radius 3 is 3.33 bits per heavy atom. The Bertz CT molecular complexity index is 496. The Balaban J connectivity index is 1.70. The predicted octanol–water partition coefficient (Wildman–Crippen LogP) is 1.59. The molecule has 1 unspecified atom stereocenters. The summed E-state index contributed by atoms with van der Waals surface area (Å²) in [4.78, 5) is 7.86. The van der Waals surface area contributed by atoms with Crippen LogP contribution in [0.4, 0.5) is 0 Å². The third kappa shape index (κ3) is 2.45. The maximum absolute atomic E-state index is 5.29. The molecule has 0 bridgehead atoms. The van der Waals surface area contributed by atoms with E-state index in [2.05, 4.69) is 27.3 Å². The summed E-state index contributed by atoms with van der Waals surface area (Å²) in [5.41, 5.74) is 0. The fourth-order valence-corrected chi connectivity index (χ4v) is 2.76. The second-order valence-corrected chi connectivity index (χ2v) is 5.46. The Hall–Kier alpha value is -1.24. The van der Waals surface area contributed by atoms with E-state index in [0.717, 1.165) is 36.9 Å². The lowest BCUT2D eigenvalue weighted by molar-refractivity contribution is 0.160. The van der Waals surface area contributed by atoms with E-state index in [1.165, 1.54) is 0 Å². The van der Waals surface area contributed by atoms with Gasteiger partial charge in [-0.15, -0.1) is 11.3 Å². The van der Waals surface area contributed by atoms with Gasteiger partial charge >= 0.3 is 0 Å². The van der Waals surface area contributed by atoms with Crippen LogP contribution in [0.2, 0.25) is 0 Å². The standard InChI is InChI=1S/C12H16N4OS/c1-9-7-13-4-5-16(9)8-11-14-12(17-15-11)10-3-2-6-18-10/h2-3,6,9,13H,4-5,7-8H2,1H3. The second-order valence-electron chi connectivity index (χ2n) is 4.52. The van der Waals surface area contributed by atoms with Crippen molar-refractivity contribution < 1.29 is 4.52 Å². The van der Waals surface area contributed by atoms with E-state index >= 15 is 0 Å². The van der Waals surface area contributed by atoms with Crippen LogP contribution in [0, 0.1) is 0 Å². The highest BCUT2D eigenvalue weighted by atomic mass is 32.1. The van der Waals surface area contributed by atoms with E-state index < -0.39 is 0 Å². The highest BCUT2D eigenvalue weighted by molar-refractivity contribution is 7.13. The third-order valence-electron chi connectivity index (χ3n) is 3.18. The molecule has 1 fully saturated rings. The van der Waals surface area contributed by atoms with Crippen LogP contribution in [0.5, 0.6) is 0 Å². The SMILES string of the molecule is CC1CNCCN1Cc1noc(-c2cccs2)n1. The lowest BCUT2D eigenvalue weighted by atomic mass is 10.2. The van der Waals surface area contributed by atoms with E-state index in [1.54, 1.807) is 11.3 Å². The largest absolute Gasteiger partial charge is 0.333 e. The van der Waals surface area contributed by atoms with E-state index in [9.17, 15) is 0 Å². The molecule has 18 heavy (non-hydrogen) atoms. The first-order valence-corrected chi connectivity index (χ1v) is 7.02. The molecule has 3 heterocycles. The molecule has 1 atom stereocenters. The molecule has 96 valence electrons. The number of aromatic nitrogens is 2. The topological polar surface area (TPSA) is 54.2 Å². The van der Waals surface area contributed by atoms with Crippen molar-refractivity contribution in [2.75, 3.05) is 19.6 Å². The molecular weight excluding hydrogens is 248 g/mol. The summed E-state index contributed by atoms with van der Waals surface area (Å²) in [6.45, 7) is 6.06. The molecular formula is C12H16N4OS. The van der Waals surface area contributed by atoms with Crippen LogP contribution >= 0.6 is 11.3 Å². The van der Waals surface area contributed by atoms with Gasteiger partial charge in [-0.1, -0.05) is 11.2 Å². The summed E-state index contributed by atoms with van der Waals surface area (Å²) in [6, 6.07) is 4.50. The molecule has 0 amide bonds. The minimum atomic E-state index is 0.516. The van der Waals surface area contributed by atoms with Gasteiger partial charge in [0, 0.05) is 25.7 Å². The average molecular weight is 264 g/mol. The molecule has 0 aliphatic carbocycles. The van der Waals surface area contributed by atoms with Gasteiger partial charge in [-0.2, -0.15) is 4.98 Å². The van der Waals surface area contributed by atoms with Crippen molar-refractivity contribution in [3.63, 3.8) is 0 Å². The summed E-state index contributed by atoms with van der Waals surface area (Å²) in [6.07, 6.45) is 0. The number of rotatable bonds is 3. The summed E-state index contributed by atoms with van der Waals surface area (Å²) >= 11 is 1.62. The number of piperazine rings is 1. The first-order chi connectivity index (χ1) is 8.83. The quantitative estimate of drug-likeness (QED) is 0.912. The molecule has 6 heteroatoms. The maximum Gasteiger partial charge on any atom is 0.268 e. The molecule has 2 aromatic rings. The van der Waals surface area contributed by atoms with Crippen molar-refractivity contribution in [1.29, 1.82) is 0 Å². The smallest absolute Gasteiger partial charge is 0.268 e. The van der Waals surface area contributed by atoms with Crippen molar-refractivity contribution in [2.24, 2.45) is 0 Å². The monoisotopic (exact) mass is 264 g/mol. The number of nitrogens with one attached hydrogen (secondary N) is 1. The van der Waals surface area contributed by atoms with Gasteiger partial charge in [0.05, 0.1) is 11.4 Å². The van der Waals surface area contributed by atoms with Crippen molar-refractivity contribution in [2.45, 2.75) is 19.5 Å². The molecule has 0 aromatic carbocycles. The molecule has 1 N–H and O–H groups in total. The number of hydrogen-bond donors (Lipinski definition) is 1. The molecule has 0 radical (unpaired) electrons. The lowest BCUT2D eigenvalue weighted by Gasteiger charge is -2.32. The lowest BCUT2D eigenvalue weighted by Crippen LogP contribution is -2.49. The minimum Gasteiger partial charge on any atom is -0.333 e. The van der Waals surface area contributed by atoms with Gasteiger partial charge in [-0.3, -0.25) is 4.90 Å². The zero-order valence-electron chi connectivity index (χ0n) is 10.3. The maximum atomic E-state index is 5.29. The summed E-state index contributed by atoms with van der Waals surface area (Å²) in [5, 5.41) is 9.44. The highest BCUT2D eigenvalue weighted by Gasteiger charge is 2.20. The van der Waals surface area contributed by atoms with E-state index in [-0.39, 0.29) is 0 Å². The van der Waals surface area contributed by atoms with Crippen LogP contribution in [0.3, 0.4) is 0 Å². The van der Waals surface area contributed by atoms with Crippen LogP contribution in [0.1, 0.15) is 12.7 Å². The molecule has 1 aliphatic heterocycles. The molecule has 1 aliphatic rings. The molecule has 5 nitrogen and oxygen atoms in total. The van der Waals surface area contributed by atoms with Crippen LogP contribution < -0.4 is 5.32 Å². The van der Waals surface area contributed by atoms with Crippen LogP contribution in [0.25, 0.3) is 10.8 Å².